The van der Waals surface area contributed by atoms with Crippen LogP contribution in [0.5, 0.6) is 0 Å². The third-order valence-corrected chi connectivity index (χ3v) is 3.64. The molecule has 1 saturated heterocycles. The standard InChI is InChI=1S/C14H18F3NO/c1-13(9-19-2)7-10(8-18-13)11-5-3-4-6-12(11)14(15,16)17/h3-6,10,18H,7-9H2,1-2H3. The average Bonchev–Trinajstić information content (AvgIpc) is 2.71. The van der Waals surface area contributed by atoms with Crippen LogP contribution in [0.2, 0.25) is 0 Å². The van der Waals surface area contributed by atoms with E-state index in [4.69, 9.17) is 4.74 Å². The molecule has 106 valence electrons. The molecule has 2 nitrogen and oxygen atoms in total. The molecule has 1 aromatic carbocycles. The van der Waals surface area contributed by atoms with Gasteiger partial charge in [-0.15, -0.1) is 0 Å². The van der Waals surface area contributed by atoms with Gasteiger partial charge in [-0.1, -0.05) is 18.2 Å². The highest BCUT2D eigenvalue weighted by Crippen LogP contribution is 2.39. The fourth-order valence-corrected chi connectivity index (χ4v) is 2.82. The Morgan fingerprint density at radius 1 is 1.37 bits per heavy atom. The van der Waals surface area contributed by atoms with Crippen molar-refractivity contribution in [3.8, 4) is 0 Å². The number of alkyl halides is 3. The minimum absolute atomic E-state index is 0.127. The normalized spacial score (nSPS) is 27.7. The Morgan fingerprint density at radius 2 is 2.05 bits per heavy atom. The largest absolute Gasteiger partial charge is 0.416 e. The molecule has 1 aromatic rings. The number of rotatable bonds is 3. The summed E-state index contributed by atoms with van der Waals surface area (Å²) in [7, 11) is 1.60. The van der Waals surface area contributed by atoms with Gasteiger partial charge in [-0.05, 0) is 30.9 Å². The van der Waals surface area contributed by atoms with Crippen molar-refractivity contribution in [2.75, 3.05) is 20.3 Å². The van der Waals surface area contributed by atoms with Crippen molar-refractivity contribution >= 4 is 0 Å². The smallest absolute Gasteiger partial charge is 0.383 e. The lowest BCUT2D eigenvalue weighted by atomic mass is 9.88. The van der Waals surface area contributed by atoms with Crippen molar-refractivity contribution in [1.29, 1.82) is 0 Å². The molecule has 0 aliphatic carbocycles. The molecule has 0 spiro atoms. The van der Waals surface area contributed by atoms with Crippen LogP contribution in [-0.4, -0.2) is 25.8 Å². The molecular weight excluding hydrogens is 255 g/mol. The first-order valence-electron chi connectivity index (χ1n) is 6.26. The molecule has 1 fully saturated rings. The topological polar surface area (TPSA) is 21.3 Å². The van der Waals surface area contributed by atoms with E-state index in [0.29, 0.717) is 25.1 Å². The Kier molecular flexibility index (Phi) is 3.87. The van der Waals surface area contributed by atoms with Gasteiger partial charge in [0.2, 0.25) is 0 Å². The lowest BCUT2D eigenvalue weighted by Crippen LogP contribution is -2.40. The molecule has 2 unspecified atom stereocenters. The molecule has 0 radical (unpaired) electrons. The van der Waals surface area contributed by atoms with Crippen molar-refractivity contribution in [2.45, 2.75) is 31.0 Å². The highest BCUT2D eigenvalue weighted by atomic mass is 19.4. The van der Waals surface area contributed by atoms with Crippen LogP contribution in [0.3, 0.4) is 0 Å². The molecule has 0 amide bonds. The summed E-state index contributed by atoms with van der Waals surface area (Å²) >= 11 is 0. The first kappa shape index (κ1) is 14.3. The van der Waals surface area contributed by atoms with Crippen LogP contribution in [0, 0.1) is 0 Å². The number of nitrogens with one attached hydrogen (secondary N) is 1. The van der Waals surface area contributed by atoms with Crippen LogP contribution in [0.25, 0.3) is 0 Å². The summed E-state index contributed by atoms with van der Waals surface area (Å²) in [5, 5.41) is 3.27. The maximum Gasteiger partial charge on any atom is 0.416 e. The summed E-state index contributed by atoms with van der Waals surface area (Å²) in [5.41, 5.74) is -0.399. The third kappa shape index (κ3) is 3.09. The number of hydrogen-bond donors (Lipinski definition) is 1. The quantitative estimate of drug-likeness (QED) is 0.913. The van der Waals surface area contributed by atoms with Crippen LogP contribution in [0.4, 0.5) is 13.2 Å². The van der Waals surface area contributed by atoms with E-state index < -0.39 is 11.7 Å². The number of methoxy groups -OCH3 is 1. The zero-order valence-corrected chi connectivity index (χ0v) is 11.1. The summed E-state index contributed by atoms with van der Waals surface area (Å²) in [6.07, 6.45) is -3.65. The average molecular weight is 273 g/mol. The number of halogens is 3. The van der Waals surface area contributed by atoms with Gasteiger partial charge in [0.1, 0.15) is 0 Å². The van der Waals surface area contributed by atoms with E-state index in [0.717, 1.165) is 6.07 Å². The van der Waals surface area contributed by atoms with Gasteiger partial charge >= 0.3 is 6.18 Å². The summed E-state index contributed by atoms with van der Waals surface area (Å²) in [6, 6.07) is 5.83. The number of hydrogen-bond acceptors (Lipinski definition) is 2. The molecule has 19 heavy (non-hydrogen) atoms. The molecule has 2 atom stereocenters. The van der Waals surface area contributed by atoms with Gasteiger partial charge < -0.3 is 10.1 Å². The first-order valence-corrected chi connectivity index (χ1v) is 6.26. The Labute approximate surface area is 111 Å². The van der Waals surface area contributed by atoms with E-state index in [-0.39, 0.29) is 11.5 Å². The van der Waals surface area contributed by atoms with Gasteiger partial charge in [0.25, 0.3) is 0 Å². The Morgan fingerprint density at radius 3 is 2.68 bits per heavy atom. The molecule has 0 bridgehead atoms. The third-order valence-electron chi connectivity index (χ3n) is 3.64. The summed E-state index contributed by atoms with van der Waals surface area (Å²) < 4.78 is 44.1. The van der Waals surface area contributed by atoms with Gasteiger partial charge in [0.05, 0.1) is 12.2 Å². The Hall–Kier alpha value is -1.07. The lowest BCUT2D eigenvalue weighted by Gasteiger charge is -2.23. The van der Waals surface area contributed by atoms with Crippen molar-refractivity contribution in [2.24, 2.45) is 0 Å². The van der Waals surface area contributed by atoms with Crippen molar-refractivity contribution < 1.29 is 17.9 Å². The van der Waals surface area contributed by atoms with Crippen molar-refractivity contribution in [3.63, 3.8) is 0 Å². The van der Waals surface area contributed by atoms with Crippen LogP contribution in [0.1, 0.15) is 30.4 Å². The van der Waals surface area contributed by atoms with Gasteiger partial charge in [-0.25, -0.2) is 0 Å². The van der Waals surface area contributed by atoms with Gasteiger partial charge in [-0.3, -0.25) is 0 Å². The molecule has 5 heteroatoms. The fraction of sp³-hybridized carbons (Fsp3) is 0.571. The second-order valence-corrected chi connectivity index (χ2v) is 5.36. The summed E-state index contributed by atoms with van der Waals surface area (Å²) in [6.45, 7) is 3.03. The maximum atomic E-state index is 13.0. The molecule has 1 heterocycles. The Bertz CT molecular complexity index is 447. The highest BCUT2D eigenvalue weighted by molar-refractivity contribution is 5.34. The van der Waals surface area contributed by atoms with E-state index in [1.54, 1.807) is 19.2 Å². The molecule has 2 rings (SSSR count). The second-order valence-electron chi connectivity index (χ2n) is 5.36. The van der Waals surface area contributed by atoms with Crippen LogP contribution < -0.4 is 5.32 Å². The van der Waals surface area contributed by atoms with E-state index in [9.17, 15) is 13.2 Å². The minimum atomic E-state index is -4.29. The molecule has 0 aromatic heterocycles. The molecular formula is C14H18F3NO. The van der Waals surface area contributed by atoms with E-state index >= 15 is 0 Å². The van der Waals surface area contributed by atoms with Crippen LogP contribution >= 0.6 is 0 Å². The first-order chi connectivity index (χ1) is 8.86. The minimum Gasteiger partial charge on any atom is -0.383 e. The summed E-state index contributed by atoms with van der Waals surface area (Å²) in [5.74, 6) is -0.127. The zero-order chi connectivity index (χ0) is 14.1. The molecule has 1 aliphatic heterocycles. The predicted molar refractivity (Wildman–Crippen MR) is 67.1 cm³/mol. The highest BCUT2D eigenvalue weighted by Gasteiger charge is 2.40. The van der Waals surface area contributed by atoms with Gasteiger partial charge in [0, 0.05) is 19.2 Å². The van der Waals surface area contributed by atoms with Crippen molar-refractivity contribution in [3.05, 3.63) is 35.4 Å². The monoisotopic (exact) mass is 273 g/mol. The molecule has 1 aliphatic rings. The van der Waals surface area contributed by atoms with E-state index in [1.807, 2.05) is 6.92 Å². The van der Waals surface area contributed by atoms with E-state index in [2.05, 4.69) is 5.32 Å². The maximum absolute atomic E-state index is 13.0. The van der Waals surface area contributed by atoms with Crippen molar-refractivity contribution in [1.82, 2.24) is 5.32 Å². The summed E-state index contributed by atoms with van der Waals surface area (Å²) in [4.78, 5) is 0. The number of ether oxygens (including phenoxy) is 1. The van der Waals surface area contributed by atoms with Crippen LogP contribution in [-0.2, 0) is 10.9 Å². The molecule has 1 N–H and O–H groups in total. The second kappa shape index (κ2) is 5.13. The molecule has 0 saturated carbocycles. The van der Waals surface area contributed by atoms with Crippen LogP contribution in [0.15, 0.2) is 24.3 Å². The predicted octanol–water partition coefficient (Wildman–Crippen LogP) is 3.19. The van der Waals surface area contributed by atoms with Gasteiger partial charge in [-0.2, -0.15) is 13.2 Å². The fourth-order valence-electron chi connectivity index (χ4n) is 2.82. The SMILES string of the molecule is COCC1(C)CC(c2ccccc2C(F)(F)F)CN1. The van der Waals surface area contributed by atoms with E-state index in [1.165, 1.54) is 6.07 Å². The lowest BCUT2D eigenvalue weighted by molar-refractivity contribution is -0.138. The number of benzene rings is 1. The Balaban J connectivity index is 2.25. The van der Waals surface area contributed by atoms with Gasteiger partial charge in [0.15, 0.2) is 0 Å². The zero-order valence-electron chi connectivity index (χ0n) is 11.1.